The lowest BCUT2D eigenvalue weighted by Gasteiger charge is -2.06. The molecule has 0 amide bonds. The van der Waals surface area contributed by atoms with Gasteiger partial charge in [-0.3, -0.25) is 4.40 Å². The largest absolute Gasteiger partial charge is 0.497 e. The topological polar surface area (TPSA) is 26.5 Å². The van der Waals surface area contributed by atoms with Crippen LogP contribution in [-0.4, -0.2) is 16.5 Å². The van der Waals surface area contributed by atoms with Crippen LogP contribution in [0.15, 0.2) is 82.8 Å². The minimum Gasteiger partial charge on any atom is -0.497 e. The maximum atomic E-state index is 5.27. The summed E-state index contributed by atoms with van der Waals surface area (Å²) in [6.07, 6.45) is 2.06. The predicted octanol–water partition coefficient (Wildman–Crippen LogP) is 5.47. The zero-order valence-corrected chi connectivity index (χ0v) is 15.0. The van der Waals surface area contributed by atoms with Crippen molar-refractivity contribution in [2.24, 2.45) is 0 Å². The van der Waals surface area contributed by atoms with E-state index in [9.17, 15) is 0 Å². The van der Waals surface area contributed by atoms with E-state index in [-0.39, 0.29) is 0 Å². The number of imidazole rings is 1. The monoisotopic (exact) mass is 346 g/mol. The van der Waals surface area contributed by atoms with Gasteiger partial charge in [-0.2, -0.15) is 0 Å². The van der Waals surface area contributed by atoms with Crippen LogP contribution in [0.25, 0.3) is 16.9 Å². The van der Waals surface area contributed by atoms with Crippen molar-refractivity contribution in [1.29, 1.82) is 0 Å². The molecule has 4 aromatic rings. The van der Waals surface area contributed by atoms with Gasteiger partial charge in [0.05, 0.1) is 7.11 Å². The molecule has 0 aliphatic carbocycles. The number of benzene rings is 2. The first-order chi connectivity index (χ1) is 12.2. The van der Waals surface area contributed by atoms with Crippen molar-refractivity contribution in [1.82, 2.24) is 9.38 Å². The second-order valence-corrected chi connectivity index (χ2v) is 6.90. The molecule has 0 fully saturated rings. The molecule has 2 heterocycles. The van der Waals surface area contributed by atoms with Crippen molar-refractivity contribution in [2.75, 3.05) is 7.11 Å². The highest BCUT2D eigenvalue weighted by Gasteiger charge is 2.15. The Labute approximate surface area is 151 Å². The smallest absolute Gasteiger partial charge is 0.138 e. The van der Waals surface area contributed by atoms with Crippen LogP contribution in [0.3, 0.4) is 0 Å². The number of fused-ring (bicyclic) bond motifs is 1. The Kier molecular flexibility index (Phi) is 4.20. The van der Waals surface area contributed by atoms with Crippen LogP contribution < -0.4 is 4.74 Å². The first-order valence-electron chi connectivity index (χ1n) is 8.10. The zero-order chi connectivity index (χ0) is 17.2. The van der Waals surface area contributed by atoms with E-state index in [2.05, 4.69) is 53.9 Å². The summed E-state index contributed by atoms with van der Waals surface area (Å²) in [6, 6.07) is 22.7. The standard InChI is InChI=1S/C21H18N2OS/c1-15-6-12-18(13-7-15)25-21-20(16-8-10-17(24-2)11-9-16)22-19-5-3-4-14-23(19)21/h3-14H,1-2H3. The Hall–Kier alpha value is -2.72. The summed E-state index contributed by atoms with van der Waals surface area (Å²) >= 11 is 1.73. The predicted molar refractivity (Wildman–Crippen MR) is 102 cm³/mol. The molecule has 0 unspecified atom stereocenters. The molecule has 4 heteroatoms. The van der Waals surface area contributed by atoms with E-state index in [0.717, 1.165) is 27.7 Å². The van der Waals surface area contributed by atoms with E-state index >= 15 is 0 Å². The maximum Gasteiger partial charge on any atom is 0.138 e. The molecule has 124 valence electrons. The van der Waals surface area contributed by atoms with Crippen LogP contribution in [0, 0.1) is 6.92 Å². The molecular formula is C21H18N2OS. The summed E-state index contributed by atoms with van der Waals surface area (Å²) in [5.74, 6) is 0.847. The van der Waals surface area contributed by atoms with Gasteiger partial charge in [-0.1, -0.05) is 35.5 Å². The average Bonchev–Trinajstić information content (AvgIpc) is 3.02. The molecule has 2 aromatic carbocycles. The molecular weight excluding hydrogens is 328 g/mol. The van der Waals surface area contributed by atoms with Crippen molar-refractivity contribution in [3.63, 3.8) is 0 Å². The summed E-state index contributed by atoms with van der Waals surface area (Å²) in [5.41, 5.74) is 4.28. The fourth-order valence-electron chi connectivity index (χ4n) is 2.73. The minimum absolute atomic E-state index is 0.847. The van der Waals surface area contributed by atoms with Gasteiger partial charge in [0.1, 0.15) is 22.1 Å². The van der Waals surface area contributed by atoms with Crippen LogP contribution in [0.2, 0.25) is 0 Å². The third-order valence-corrected chi connectivity index (χ3v) is 5.18. The molecule has 3 nitrogen and oxygen atoms in total. The number of nitrogens with zero attached hydrogens (tertiary/aromatic N) is 2. The Bertz CT molecular complexity index is 1000. The van der Waals surface area contributed by atoms with Crippen LogP contribution in [-0.2, 0) is 0 Å². The van der Waals surface area contributed by atoms with Gasteiger partial charge in [-0.15, -0.1) is 0 Å². The van der Waals surface area contributed by atoms with E-state index in [0.29, 0.717) is 0 Å². The number of hydrogen-bond acceptors (Lipinski definition) is 3. The summed E-state index contributed by atoms with van der Waals surface area (Å²) in [6.45, 7) is 2.10. The molecule has 0 spiro atoms. The van der Waals surface area contributed by atoms with E-state index in [1.807, 2.05) is 30.3 Å². The first kappa shape index (κ1) is 15.8. The van der Waals surface area contributed by atoms with Gasteiger partial charge in [0.25, 0.3) is 0 Å². The zero-order valence-electron chi connectivity index (χ0n) is 14.1. The lowest BCUT2D eigenvalue weighted by molar-refractivity contribution is 0.415. The van der Waals surface area contributed by atoms with E-state index in [1.165, 1.54) is 10.5 Å². The molecule has 0 atom stereocenters. The van der Waals surface area contributed by atoms with Gasteiger partial charge >= 0.3 is 0 Å². The highest BCUT2D eigenvalue weighted by Crippen LogP contribution is 2.37. The van der Waals surface area contributed by atoms with Gasteiger partial charge in [0.2, 0.25) is 0 Å². The number of methoxy groups -OCH3 is 1. The lowest BCUT2D eigenvalue weighted by atomic mass is 10.1. The summed E-state index contributed by atoms with van der Waals surface area (Å²) < 4.78 is 7.41. The second-order valence-electron chi connectivity index (χ2n) is 5.84. The maximum absolute atomic E-state index is 5.27. The van der Waals surface area contributed by atoms with Crippen molar-refractivity contribution in [2.45, 2.75) is 16.8 Å². The van der Waals surface area contributed by atoms with Gasteiger partial charge in [-0.25, -0.2) is 4.98 Å². The van der Waals surface area contributed by atoms with Crippen LogP contribution in [0.5, 0.6) is 5.75 Å². The molecule has 2 aromatic heterocycles. The van der Waals surface area contributed by atoms with Crippen LogP contribution in [0.1, 0.15) is 5.56 Å². The second kappa shape index (κ2) is 6.65. The van der Waals surface area contributed by atoms with Crippen molar-refractivity contribution < 1.29 is 4.74 Å². The number of aromatic nitrogens is 2. The highest BCUT2D eigenvalue weighted by molar-refractivity contribution is 7.99. The number of rotatable bonds is 4. The minimum atomic E-state index is 0.847. The molecule has 0 bridgehead atoms. The molecule has 0 saturated heterocycles. The van der Waals surface area contributed by atoms with Gasteiger partial charge in [0.15, 0.2) is 0 Å². The van der Waals surface area contributed by atoms with E-state index in [1.54, 1.807) is 18.9 Å². The molecule has 4 rings (SSSR count). The number of pyridine rings is 1. The van der Waals surface area contributed by atoms with Crippen LogP contribution >= 0.6 is 11.8 Å². The molecule has 0 aliphatic heterocycles. The quantitative estimate of drug-likeness (QED) is 0.490. The first-order valence-corrected chi connectivity index (χ1v) is 8.92. The third kappa shape index (κ3) is 3.13. The Morgan fingerprint density at radius 2 is 1.68 bits per heavy atom. The average molecular weight is 346 g/mol. The molecule has 0 aliphatic rings. The number of ether oxygens (including phenoxy) is 1. The Morgan fingerprint density at radius 3 is 2.40 bits per heavy atom. The number of aryl methyl sites for hydroxylation is 1. The Morgan fingerprint density at radius 1 is 0.920 bits per heavy atom. The lowest BCUT2D eigenvalue weighted by Crippen LogP contribution is -1.87. The SMILES string of the molecule is COc1ccc(-c2nc3ccccn3c2Sc2ccc(C)cc2)cc1. The summed E-state index contributed by atoms with van der Waals surface area (Å²) in [5, 5.41) is 1.12. The van der Waals surface area contributed by atoms with Gasteiger partial charge in [-0.05, 0) is 55.5 Å². The fraction of sp³-hybridized carbons (Fsp3) is 0.0952. The van der Waals surface area contributed by atoms with E-state index < -0.39 is 0 Å². The molecule has 0 saturated carbocycles. The van der Waals surface area contributed by atoms with Crippen LogP contribution in [0.4, 0.5) is 0 Å². The normalized spacial score (nSPS) is 11.0. The summed E-state index contributed by atoms with van der Waals surface area (Å²) in [7, 11) is 1.68. The van der Waals surface area contributed by atoms with Crippen molar-refractivity contribution in [3.8, 4) is 17.0 Å². The van der Waals surface area contributed by atoms with Crippen molar-refractivity contribution >= 4 is 17.4 Å². The van der Waals surface area contributed by atoms with E-state index in [4.69, 9.17) is 9.72 Å². The Balaban J connectivity index is 1.83. The number of hydrogen-bond donors (Lipinski definition) is 0. The molecule has 0 N–H and O–H groups in total. The fourth-order valence-corrected chi connectivity index (χ4v) is 3.73. The van der Waals surface area contributed by atoms with Gasteiger partial charge < -0.3 is 4.74 Å². The molecule has 0 radical (unpaired) electrons. The van der Waals surface area contributed by atoms with Gasteiger partial charge in [0, 0.05) is 16.7 Å². The highest BCUT2D eigenvalue weighted by atomic mass is 32.2. The third-order valence-electron chi connectivity index (χ3n) is 4.09. The molecule has 25 heavy (non-hydrogen) atoms. The van der Waals surface area contributed by atoms with Crippen molar-refractivity contribution in [3.05, 3.63) is 78.5 Å². The summed E-state index contributed by atoms with van der Waals surface area (Å²) in [4.78, 5) is 6.05.